The summed E-state index contributed by atoms with van der Waals surface area (Å²) in [7, 11) is 0. The molecular weight excluding hydrogens is 373 g/mol. The fourth-order valence-electron chi connectivity index (χ4n) is 3.60. The van der Waals surface area contributed by atoms with E-state index >= 15 is 0 Å². The zero-order valence-corrected chi connectivity index (χ0v) is 15.9. The maximum Gasteiger partial charge on any atom is 0.261 e. The Morgan fingerprint density at radius 1 is 1.21 bits per heavy atom. The van der Waals surface area contributed by atoms with Crippen LogP contribution >= 0.6 is 0 Å². The second kappa shape index (κ2) is 8.43. The van der Waals surface area contributed by atoms with Gasteiger partial charge in [0.1, 0.15) is 18.1 Å². The third kappa shape index (κ3) is 4.45. The van der Waals surface area contributed by atoms with Gasteiger partial charge in [-0.2, -0.15) is 0 Å². The summed E-state index contributed by atoms with van der Waals surface area (Å²) >= 11 is 0. The van der Waals surface area contributed by atoms with Gasteiger partial charge in [0, 0.05) is 12.1 Å². The smallest absolute Gasteiger partial charge is 0.261 e. The summed E-state index contributed by atoms with van der Waals surface area (Å²) in [6.45, 7) is 0.107. The summed E-state index contributed by atoms with van der Waals surface area (Å²) in [6, 6.07) is 11.5. The number of benzene rings is 2. The summed E-state index contributed by atoms with van der Waals surface area (Å²) in [5, 5.41) is 2.97. The van der Waals surface area contributed by atoms with Crippen molar-refractivity contribution in [1.29, 1.82) is 0 Å². The van der Waals surface area contributed by atoms with Crippen molar-refractivity contribution in [3.63, 3.8) is 0 Å². The van der Waals surface area contributed by atoms with E-state index in [4.69, 9.17) is 4.74 Å². The molecule has 0 spiro atoms. The molecule has 0 radical (unpaired) electrons. The van der Waals surface area contributed by atoms with Crippen molar-refractivity contribution < 1.29 is 13.9 Å². The number of aromatic nitrogens is 2. The van der Waals surface area contributed by atoms with Gasteiger partial charge in [-0.1, -0.05) is 18.2 Å². The number of rotatable bonds is 6. The first-order valence-corrected chi connectivity index (χ1v) is 9.76. The lowest BCUT2D eigenvalue weighted by molar-refractivity contribution is -0.121. The molecule has 6 nitrogen and oxygen atoms in total. The lowest BCUT2D eigenvalue weighted by atomic mass is 10.2. The number of ether oxygens (including phenoxy) is 1. The van der Waals surface area contributed by atoms with Gasteiger partial charge < -0.3 is 10.1 Å². The molecule has 1 N–H and O–H groups in total. The molecule has 3 aromatic rings. The molecule has 1 amide bonds. The minimum absolute atomic E-state index is 0.149. The lowest BCUT2D eigenvalue weighted by Crippen LogP contribution is -2.32. The highest BCUT2D eigenvalue weighted by Crippen LogP contribution is 2.26. The summed E-state index contributed by atoms with van der Waals surface area (Å²) in [4.78, 5) is 29.0. The van der Waals surface area contributed by atoms with E-state index in [-0.39, 0.29) is 23.9 Å². The Morgan fingerprint density at radius 2 is 2.00 bits per heavy atom. The number of nitrogens with one attached hydrogen (secondary N) is 1. The minimum Gasteiger partial charge on any atom is -0.490 e. The number of nitrogens with zero attached hydrogens (tertiary/aromatic N) is 2. The molecule has 1 heterocycles. The molecule has 1 aliphatic carbocycles. The molecule has 4 rings (SSSR count). The van der Waals surface area contributed by atoms with E-state index in [1.165, 1.54) is 35.9 Å². The van der Waals surface area contributed by atoms with Crippen molar-refractivity contribution >= 4 is 16.8 Å². The van der Waals surface area contributed by atoms with E-state index in [0.717, 1.165) is 30.2 Å². The molecule has 7 heteroatoms. The lowest BCUT2D eigenvalue weighted by Gasteiger charge is -2.17. The first kappa shape index (κ1) is 19.1. The zero-order valence-electron chi connectivity index (χ0n) is 15.9. The topological polar surface area (TPSA) is 73.2 Å². The van der Waals surface area contributed by atoms with Gasteiger partial charge in [-0.05, 0) is 49.9 Å². The van der Waals surface area contributed by atoms with Gasteiger partial charge in [0.15, 0.2) is 0 Å². The Kier molecular flexibility index (Phi) is 5.55. The van der Waals surface area contributed by atoms with E-state index < -0.39 is 11.4 Å². The Balaban J connectivity index is 1.43. The number of para-hydroxylation sites is 1. The van der Waals surface area contributed by atoms with Crippen LogP contribution in [0.1, 0.15) is 31.2 Å². The maximum atomic E-state index is 13.4. The Labute approximate surface area is 167 Å². The Morgan fingerprint density at radius 3 is 2.83 bits per heavy atom. The van der Waals surface area contributed by atoms with E-state index in [2.05, 4.69) is 10.3 Å². The van der Waals surface area contributed by atoms with Crippen molar-refractivity contribution in [1.82, 2.24) is 14.9 Å². The quantitative estimate of drug-likeness (QED) is 0.696. The average molecular weight is 395 g/mol. The van der Waals surface area contributed by atoms with Gasteiger partial charge in [0.05, 0.1) is 23.3 Å². The minimum atomic E-state index is -0.516. The summed E-state index contributed by atoms with van der Waals surface area (Å²) in [5.74, 6) is -0.0718. The standard InChI is InChI=1S/C22H22FN3O3/c23-16-9-10-19-18(11-16)22(28)26(14-25-19)13-21(27)24-12-15-5-1-4-8-20(15)29-17-6-2-3-7-17/h1,4-5,8-11,14,17H,2-3,6-7,12-13H2,(H,24,27). The molecule has 0 unspecified atom stereocenters. The van der Waals surface area contributed by atoms with Crippen molar-refractivity contribution in [3.05, 3.63) is 70.5 Å². The number of halogens is 1. The maximum absolute atomic E-state index is 13.4. The highest BCUT2D eigenvalue weighted by Gasteiger charge is 2.18. The van der Waals surface area contributed by atoms with Gasteiger partial charge in [0.2, 0.25) is 5.91 Å². The van der Waals surface area contributed by atoms with E-state index in [1.54, 1.807) is 0 Å². The van der Waals surface area contributed by atoms with Crippen LogP contribution in [-0.4, -0.2) is 21.6 Å². The summed E-state index contributed by atoms with van der Waals surface area (Å²) < 4.78 is 20.7. The third-order valence-corrected chi connectivity index (χ3v) is 5.14. The van der Waals surface area contributed by atoms with Crippen molar-refractivity contribution in [2.45, 2.75) is 44.9 Å². The number of amides is 1. The van der Waals surface area contributed by atoms with Crippen LogP contribution in [0.4, 0.5) is 4.39 Å². The number of hydrogen-bond donors (Lipinski definition) is 1. The molecule has 2 aromatic carbocycles. The molecule has 1 aromatic heterocycles. The number of hydrogen-bond acceptors (Lipinski definition) is 4. The highest BCUT2D eigenvalue weighted by molar-refractivity contribution is 5.79. The van der Waals surface area contributed by atoms with Crippen LogP contribution in [0, 0.1) is 5.82 Å². The van der Waals surface area contributed by atoms with Gasteiger partial charge >= 0.3 is 0 Å². The molecule has 29 heavy (non-hydrogen) atoms. The molecule has 1 saturated carbocycles. The van der Waals surface area contributed by atoms with Crippen molar-refractivity contribution in [2.24, 2.45) is 0 Å². The van der Waals surface area contributed by atoms with Crippen molar-refractivity contribution in [3.8, 4) is 5.75 Å². The van der Waals surface area contributed by atoms with Crippen LogP contribution in [0.3, 0.4) is 0 Å². The van der Waals surface area contributed by atoms with Crippen LogP contribution in [0.25, 0.3) is 10.9 Å². The fraction of sp³-hybridized carbons (Fsp3) is 0.318. The van der Waals surface area contributed by atoms with E-state index in [9.17, 15) is 14.0 Å². The zero-order chi connectivity index (χ0) is 20.2. The molecule has 1 fully saturated rings. The monoisotopic (exact) mass is 395 g/mol. The Hall–Kier alpha value is -3.22. The molecule has 0 saturated heterocycles. The normalized spacial score (nSPS) is 14.2. The molecule has 1 aliphatic rings. The largest absolute Gasteiger partial charge is 0.490 e. The first-order valence-electron chi connectivity index (χ1n) is 9.76. The van der Waals surface area contributed by atoms with E-state index in [1.807, 2.05) is 24.3 Å². The molecule has 0 atom stereocenters. The fourth-order valence-corrected chi connectivity index (χ4v) is 3.60. The van der Waals surface area contributed by atoms with Crippen LogP contribution in [0.15, 0.2) is 53.6 Å². The predicted octanol–water partition coefficient (Wildman–Crippen LogP) is 3.17. The van der Waals surface area contributed by atoms with Gasteiger partial charge in [0.25, 0.3) is 5.56 Å². The van der Waals surface area contributed by atoms with Crippen LogP contribution < -0.4 is 15.6 Å². The van der Waals surface area contributed by atoms with Gasteiger partial charge in [-0.25, -0.2) is 9.37 Å². The first-order chi connectivity index (χ1) is 14.1. The second-order valence-corrected chi connectivity index (χ2v) is 7.25. The highest BCUT2D eigenvalue weighted by atomic mass is 19.1. The second-order valence-electron chi connectivity index (χ2n) is 7.25. The van der Waals surface area contributed by atoms with Gasteiger partial charge in [-0.3, -0.25) is 14.2 Å². The van der Waals surface area contributed by atoms with Gasteiger partial charge in [-0.15, -0.1) is 0 Å². The molecule has 0 aliphatic heterocycles. The SMILES string of the molecule is O=C(Cn1cnc2ccc(F)cc2c1=O)NCc1ccccc1OC1CCCC1. The average Bonchev–Trinajstić information content (AvgIpc) is 3.23. The van der Waals surface area contributed by atoms with Crippen LogP contribution in [-0.2, 0) is 17.9 Å². The number of carbonyl (C=O) groups excluding carboxylic acids is 1. The third-order valence-electron chi connectivity index (χ3n) is 5.14. The summed E-state index contributed by atoms with van der Waals surface area (Å²) in [6.07, 6.45) is 6.01. The number of carbonyl (C=O) groups is 1. The molecular formula is C22H22FN3O3. The predicted molar refractivity (Wildman–Crippen MR) is 107 cm³/mol. The molecule has 0 bridgehead atoms. The van der Waals surface area contributed by atoms with Crippen LogP contribution in [0.5, 0.6) is 5.75 Å². The Bertz CT molecular complexity index is 1090. The summed E-state index contributed by atoms with van der Waals surface area (Å²) in [5.41, 5.74) is 0.833. The van der Waals surface area contributed by atoms with Crippen molar-refractivity contribution in [2.75, 3.05) is 0 Å². The van der Waals surface area contributed by atoms with Crippen LogP contribution in [0.2, 0.25) is 0 Å². The molecule has 150 valence electrons. The van der Waals surface area contributed by atoms with E-state index in [0.29, 0.717) is 12.1 Å². The number of fused-ring (bicyclic) bond motifs is 1.